The predicted octanol–water partition coefficient (Wildman–Crippen LogP) is 3.07. The van der Waals surface area contributed by atoms with Gasteiger partial charge in [0.25, 0.3) is 5.91 Å². The summed E-state index contributed by atoms with van der Waals surface area (Å²) in [7, 11) is 1.71. The number of carbonyl (C=O) groups is 2. The van der Waals surface area contributed by atoms with E-state index in [2.05, 4.69) is 0 Å². The molecule has 2 fully saturated rings. The van der Waals surface area contributed by atoms with Crippen LogP contribution in [0.3, 0.4) is 0 Å². The first-order chi connectivity index (χ1) is 19.0. The van der Waals surface area contributed by atoms with Crippen molar-refractivity contribution < 1.29 is 28.2 Å². The number of aromatic nitrogens is 1. The Morgan fingerprint density at radius 1 is 1.25 bits per heavy atom. The topological polar surface area (TPSA) is 140 Å². The minimum Gasteiger partial charge on any atom is -0.502 e. The maximum atomic E-state index is 14.1. The third kappa shape index (κ3) is 4.09. The molecule has 2 aliphatic carbocycles. The number of nitrogens with zero attached hydrogens (tertiary/aromatic N) is 3. The Labute approximate surface area is 232 Å². The van der Waals surface area contributed by atoms with Crippen LogP contribution in [0, 0.1) is 40.2 Å². The van der Waals surface area contributed by atoms with Gasteiger partial charge in [0.1, 0.15) is 22.3 Å². The summed E-state index contributed by atoms with van der Waals surface area (Å²) in [4.78, 5) is 41.1. The van der Waals surface area contributed by atoms with E-state index >= 15 is 0 Å². The molecular weight excluding hydrogens is 544 g/mol. The third-order valence-corrected chi connectivity index (χ3v) is 9.04. The number of pyridine rings is 1. The van der Waals surface area contributed by atoms with E-state index < -0.39 is 34.4 Å². The predicted molar refractivity (Wildman–Crippen MR) is 144 cm³/mol. The lowest BCUT2D eigenvalue weighted by atomic mass is 9.94. The number of amides is 1. The van der Waals surface area contributed by atoms with Crippen molar-refractivity contribution in [3.05, 3.63) is 63.1 Å². The first-order valence-electron chi connectivity index (χ1n) is 13.0. The van der Waals surface area contributed by atoms with Crippen molar-refractivity contribution in [2.75, 3.05) is 25.2 Å². The Morgan fingerprint density at radius 2 is 1.98 bits per heavy atom. The Morgan fingerprint density at radius 3 is 2.62 bits per heavy atom. The SMILES string of the molecule is CCOC(=O)C1C2CCC3(C21)N(CC)C(=O)c1c(O)c(=O)c(C(=N)SC(=N)Cc2ccc(F)cc2F)cn1N3C. The minimum absolute atomic E-state index is 0.0403. The number of thioether (sulfide) groups is 1. The number of halogens is 2. The van der Waals surface area contributed by atoms with E-state index in [0.29, 0.717) is 30.7 Å². The molecule has 2 aromatic rings. The van der Waals surface area contributed by atoms with E-state index in [9.17, 15) is 28.3 Å². The zero-order valence-corrected chi connectivity index (χ0v) is 23.0. The van der Waals surface area contributed by atoms with E-state index in [4.69, 9.17) is 15.6 Å². The van der Waals surface area contributed by atoms with Gasteiger partial charge in [0, 0.05) is 38.2 Å². The molecule has 1 aromatic heterocycles. The number of benzene rings is 1. The van der Waals surface area contributed by atoms with E-state index in [1.54, 1.807) is 30.8 Å². The largest absolute Gasteiger partial charge is 0.502 e. The highest BCUT2D eigenvalue weighted by atomic mass is 32.2. The van der Waals surface area contributed by atoms with Gasteiger partial charge in [0.2, 0.25) is 5.43 Å². The monoisotopic (exact) mass is 573 g/mol. The van der Waals surface area contributed by atoms with E-state index in [1.165, 1.54) is 16.9 Å². The number of ether oxygens (including phenoxy) is 1. The minimum atomic E-state index is -0.946. The summed E-state index contributed by atoms with van der Waals surface area (Å²) in [6, 6.07) is 2.98. The van der Waals surface area contributed by atoms with Crippen LogP contribution in [-0.2, 0) is 16.0 Å². The van der Waals surface area contributed by atoms with Crippen molar-refractivity contribution in [2.24, 2.45) is 17.8 Å². The van der Waals surface area contributed by atoms with Crippen LogP contribution in [0.1, 0.15) is 48.3 Å². The van der Waals surface area contributed by atoms with Gasteiger partial charge in [-0.2, -0.15) is 0 Å². The van der Waals surface area contributed by atoms with Gasteiger partial charge in [-0.05, 0) is 44.2 Å². The van der Waals surface area contributed by atoms with Crippen molar-refractivity contribution in [3.8, 4) is 5.75 Å². The summed E-state index contributed by atoms with van der Waals surface area (Å²) in [5, 5.41) is 28.8. The highest BCUT2D eigenvalue weighted by Crippen LogP contribution is 2.65. The lowest BCUT2D eigenvalue weighted by Gasteiger charge is -2.54. The number of nitrogens with one attached hydrogen (secondary N) is 2. The molecule has 0 bridgehead atoms. The van der Waals surface area contributed by atoms with Gasteiger partial charge >= 0.3 is 5.97 Å². The average Bonchev–Trinajstić information content (AvgIpc) is 3.52. The van der Waals surface area contributed by atoms with Crippen molar-refractivity contribution in [3.63, 3.8) is 0 Å². The van der Waals surface area contributed by atoms with Crippen LogP contribution in [0.4, 0.5) is 8.78 Å². The van der Waals surface area contributed by atoms with Gasteiger partial charge in [-0.15, -0.1) is 0 Å². The van der Waals surface area contributed by atoms with Crippen LogP contribution < -0.4 is 10.4 Å². The van der Waals surface area contributed by atoms with Crippen LogP contribution in [0.2, 0.25) is 0 Å². The van der Waals surface area contributed by atoms with Gasteiger partial charge in [-0.1, -0.05) is 17.8 Å². The smallest absolute Gasteiger partial charge is 0.309 e. The molecule has 4 unspecified atom stereocenters. The fraction of sp³-hybridized carbons (Fsp3) is 0.444. The van der Waals surface area contributed by atoms with Gasteiger partial charge in [0.05, 0.1) is 23.1 Å². The number of esters is 1. The average molecular weight is 574 g/mol. The Bertz CT molecular complexity index is 1510. The third-order valence-electron chi connectivity index (χ3n) is 8.22. The first-order valence-corrected chi connectivity index (χ1v) is 13.8. The fourth-order valence-electron chi connectivity index (χ4n) is 6.48. The molecule has 3 N–H and O–H groups in total. The zero-order chi connectivity index (χ0) is 29.1. The van der Waals surface area contributed by atoms with E-state index in [-0.39, 0.29) is 70.2 Å². The number of rotatable bonds is 6. The maximum absolute atomic E-state index is 14.1. The summed E-state index contributed by atoms with van der Waals surface area (Å²) in [5.74, 6) is -3.80. The van der Waals surface area contributed by atoms with Crippen LogP contribution in [0.25, 0.3) is 0 Å². The number of hydrogen-bond acceptors (Lipinski definition) is 9. The highest BCUT2D eigenvalue weighted by Gasteiger charge is 2.73. The van der Waals surface area contributed by atoms with E-state index in [0.717, 1.165) is 6.07 Å². The number of fused-ring (bicyclic) bond motifs is 3. The molecule has 5 rings (SSSR count). The lowest BCUT2D eigenvalue weighted by Crippen LogP contribution is -2.70. The molecule has 13 heteroatoms. The fourth-order valence-corrected chi connectivity index (χ4v) is 7.21. The molecular formula is C27H29F2N5O5S. The molecule has 10 nitrogen and oxygen atoms in total. The molecule has 1 amide bonds. The van der Waals surface area contributed by atoms with Gasteiger partial charge in [0.15, 0.2) is 11.4 Å². The number of carbonyl (C=O) groups excluding carboxylic acids is 2. The molecule has 212 valence electrons. The molecule has 3 aliphatic rings. The standard InChI is InChI=1S/C27H29F2N5O5S/c1-4-33-25(37)21-23(36)22(35)16(24(31)40-18(30)10-13-6-7-14(28)11-17(13)29)12-34(21)32(3)27(33)9-8-15-19(20(15)27)26(38)39-5-2/h6-7,11-12,15,19-20,30-31,36H,4-5,8-10H2,1-3H3. The molecule has 1 aromatic carbocycles. The van der Waals surface area contributed by atoms with Gasteiger partial charge in [-0.25, -0.2) is 8.78 Å². The molecule has 0 radical (unpaired) electrons. The number of aromatic hydroxyl groups is 1. The molecule has 40 heavy (non-hydrogen) atoms. The second kappa shape index (κ2) is 10.0. The molecule has 1 spiro atoms. The molecule has 2 heterocycles. The Kier molecular flexibility index (Phi) is 6.97. The van der Waals surface area contributed by atoms with Crippen molar-refractivity contribution in [1.82, 2.24) is 9.58 Å². The van der Waals surface area contributed by atoms with Crippen LogP contribution in [0.5, 0.6) is 5.75 Å². The first kappa shape index (κ1) is 27.8. The van der Waals surface area contributed by atoms with Crippen molar-refractivity contribution >= 4 is 33.7 Å². The van der Waals surface area contributed by atoms with Crippen molar-refractivity contribution in [2.45, 2.75) is 38.8 Å². The van der Waals surface area contributed by atoms with Crippen molar-refractivity contribution in [1.29, 1.82) is 10.8 Å². The summed E-state index contributed by atoms with van der Waals surface area (Å²) in [6.45, 7) is 4.06. The molecule has 1 aliphatic heterocycles. The maximum Gasteiger partial charge on any atom is 0.309 e. The normalized spacial score (nSPS) is 24.6. The van der Waals surface area contributed by atoms with E-state index in [1.807, 2.05) is 0 Å². The highest BCUT2D eigenvalue weighted by molar-refractivity contribution is 8.26. The van der Waals surface area contributed by atoms with Crippen LogP contribution in [-0.4, -0.2) is 62.5 Å². The molecule has 4 atom stereocenters. The summed E-state index contributed by atoms with van der Waals surface area (Å²) >= 11 is 0.590. The lowest BCUT2D eigenvalue weighted by molar-refractivity contribution is -0.146. The summed E-state index contributed by atoms with van der Waals surface area (Å²) in [5.41, 5.74) is -2.29. The Hall–Kier alpha value is -3.74. The Balaban J connectivity index is 1.48. The second-order valence-electron chi connectivity index (χ2n) is 10.1. The quantitative estimate of drug-likeness (QED) is 0.274. The summed E-state index contributed by atoms with van der Waals surface area (Å²) in [6.07, 6.45) is 2.32. The zero-order valence-electron chi connectivity index (χ0n) is 22.2. The van der Waals surface area contributed by atoms with Gasteiger partial charge < -0.3 is 14.7 Å². The van der Waals surface area contributed by atoms with Crippen LogP contribution >= 0.6 is 11.8 Å². The van der Waals surface area contributed by atoms with Gasteiger partial charge in [-0.3, -0.25) is 34.9 Å². The number of hydrogen-bond donors (Lipinski definition) is 3. The second-order valence-corrected chi connectivity index (χ2v) is 11.2. The molecule has 2 saturated carbocycles. The van der Waals surface area contributed by atoms with Crippen LogP contribution in [0.15, 0.2) is 29.2 Å². The summed E-state index contributed by atoms with van der Waals surface area (Å²) < 4.78 is 33.9. The molecule has 0 saturated heterocycles.